The number of aromatic hydroxyl groups is 1. The van der Waals surface area contributed by atoms with Crippen LogP contribution in [-0.4, -0.2) is 45.1 Å². The maximum absolute atomic E-state index is 14.4. The predicted molar refractivity (Wildman–Crippen MR) is 153 cm³/mol. The predicted octanol–water partition coefficient (Wildman–Crippen LogP) is 5.62. The third-order valence-corrected chi connectivity index (χ3v) is 6.74. The molecule has 2 unspecified atom stereocenters. The monoisotopic (exact) mass is 539 g/mol. The van der Waals surface area contributed by atoms with E-state index in [1.165, 1.54) is 4.90 Å². The minimum absolute atomic E-state index is 0.0525. The van der Waals surface area contributed by atoms with Crippen molar-refractivity contribution in [2.24, 2.45) is 5.92 Å². The molecule has 0 spiro atoms. The molecule has 2 aromatic carbocycles. The molecular formula is C31H45N3O5. The van der Waals surface area contributed by atoms with E-state index in [4.69, 9.17) is 4.74 Å². The zero-order valence-electron chi connectivity index (χ0n) is 24.8. The van der Waals surface area contributed by atoms with Crippen LogP contribution in [0.2, 0.25) is 0 Å². The molecule has 2 atom stereocenters. The SMILES string of the molecule is CCC(C)(C)N(C(=O)C(NC(=O)OC(C)(C)C)C(C)C)C(C(=O)NCc1ccccc1)c1cccc(C)c1O. The number of nitrogens with zero attached hydrogens (tertiary/aromatic N) is 1. The van der Waals surface area contributed by atoms with Crippen molar-refractivity contribution in [1.82, 2.24) is 15.5 Å². The van der Waals surface area contributed by atoms with Crippen molar-refractivity contribution < 1.29 is 24.2 Å². The van der Waals surface area contributed by atoms with Gasteiger partial charge in [-0.1, -0.05) is 69.3 Å². The molecule has 0 aliphatic rings. The first kappa shape index (κ1) is 31.7. The number of hydrogen-bond acceptors (Lipinski definition) is 5. The summed E-state index contributed by atoms with van der Waals surface area (Å²) in [5.41, 5.74) is 0.240. The van der Waals surface area contributed by atoms with Gasteiger partial charge in [0.25, 0.3) is 0 Å². The van der Waals surface area contributed by atoms with Gasteiger partial charge in [-0.25, -0.2) is 4.79 Å². The fraction of sp³-hybridized carbons (Fsp3) is 0.516. The maximum Gasteiger partial charge on any atom is 0.408 e. The lowest BCUT2D eigenvalue weighted by Gasteiger charge is -2.45. The molecule has 0 aliphatic carbocycles. The molecule has 2 rings (SSSR count). The summed E-state index contributed by atoms with van der Waals surface area (Å²) in [7, 11) is 0. The van der Waals surface area contributed by atoms with E-state index in [1.807, 2.05) is 65.0 Å². The molecule has 0 bridgehead atoms. The van der Waals surface area contributed by atoms with Crippen LogP contribution >= 0.6 is 0 Å². The Morgan fingerprint density at radius 1 is 0.974 bits per heavy atom. The highest BCUT2D eigenvalue weighted by Crippen LogP contribution is 2.37. The van der Waals surface area contributed by atoms with E-state index in [0.29, 0.717) is 17.5 Å². The van der Waals surface area contributed by atoms with E-state index in [2.05, 4.69) is 10.6 Å². The summed E-state index contributed by atoms with van der Waals surface area (Å²) >= 11 is 0. The van der Waals surface area contributed by atoms with Crippen LogP contribution in [0.15, 0.2) is 48.5 Å². The van der Waals surface area contributed by atoms with Crippen molar-refractivity contribution in [1.29, 1.82) is 0 Å². The molecule has 0 saturated heterocycles. The Hall–Kier alpha value is -3.55. The van der Waals surface area contributed by atoms with Crippen molar-refractivity contribution in [2.75, 3.05) is 0 Å². The van der Waals surface area contributed by atoms with Crippen molar-refractivity contribution in [2.45, 2.75) is 98.5 Å². The first-order valence-electron chi connectivity index (χ1n) is 13.5. The standard InChI is InChI=1S/C31H45N3O5/c1-10-31(8,9)34(28(37)24(20(2)3)33-29(38)39-30(5,6)7)25(23-18-14-15-21(4)26(23)35)27(36)32-19-22-16-12-11-13-17-22/h11-18,20,24-25,35H,10,19H2,1-9H3,(H,32,36)(H,33,38). The van der Waals surface area contributed by atoms with Gasteiger partial charge in [0, 0.05) is 17.6 Å². The van der Waals surface area contributed by atoms with E-state index in [-0.39, 0.29) is 18.2 Å². The number of benzene rings is 2. The van der Waals surface area contributed by atoms with E-state index < -0.39 is 41.1 Å². The van der Waals surface area contributed by atoms with Gasteiger partial charge in [-0.05, 0) is 65.0 Å². The van der Waals surface area contributed by atoms with Gasteiger partial charge in [0.2, 0.25) is 11.8 Å². The summed E-state index contributed by atoms with van der Waals surface area (Å²) < 4.78 is 5.44. The van der Waals surface area contributed by atoms with Gasteiger partial charge in [-0.3, -0.25) is 9.59 Å². The number of alkyl carbamates (subject to hydrolysis) is 1. The number of nitrogens with one attached hydrogen (secondary N) is 2. The van der Waals surface area contributed by atoms with Crippen molar-refractivity contribution >= 4 is 17.9 Å². The van der Waals surface area contributed by atoms with Gasteiger partial charge in [-0.2, -0.15) is 0 Å². The summed E-state index contributed by atoms with van der Waals surface area (Å²) in [6.45, 7) is 16.6. The molecule has 0 saturated carbocycles. The average Bonchev–Trinajstić information content (AvgIpc) is 2.85. The van der Waals surface area contributed by atoms with Crippen LogP contribution in [0.3, 0.4) is 0 Å². The second-order valence-electron chi connectivity index (χ2n) is 11.9. The lowest BCUT2D eigenvalue weighted by atomic mass is 9.89. The van der Waals surface area contributed by atoms with Crippen LogP contribution in [0.25, 0.3) is 0 Å². The first-order chi connectivity index (χ1) is 18.1. The Morgan fingerprint density at radius 2 is 1.59 bits per heavy atom. The van der Waals surface area contributed by atoms with Gasteiger partial charge in [0.15, 0.2) is 0 Å². The van der Waals surface area contributed by atoms with Gasteiger partial charge in [-0.15, -0.1) is 0 Å². The highest BCUT2D eigenvalue weighted by molar-refractivity contribution is 5.93. The molecule has 0 aliphatic heterocycles. The molecule has 39 heavy (non-hydrogen) atoms. The second-order valence-corrected chi connectivity index (χ2v) is 11.9. The van der Waals surface area contributed by atoms with Crippen LogP contribution in [0.5, 0.6) is 5.75 Å². The molecular weight excluding hydrogens is 494 g/mol. The fourth-order valence-corrected chi connectivity index (χ4v) is 4.22. The zero-order chi connectivity index (χ0) is 29.5. The number of carbonyl (C=O) groups is 3. The number of carbonyl (C=O) groups excluding carboxylic acids is 3. The van der Waals surface area contributed by atoms with E-state index in [9.17, 15) is 19.5 Å². The average molecular weight is 540 g/mol. The Morgan fingerprint density at radius 3 is 2.13 bits per heavy atom. The first-order valence-corrected chi connectivity index (χ1v) is 13.5. The number of rotatable bonds is 10. The molecule has 8 nitrogen and oxygen atoms in total. The van der Waals surface area contributed by atoms with Crippen LogP contribution in [0, 0.1) is 12.8 Å². The largest absolute Gasteiger partial charge is 0.507 e. The Kier molecular flexibility index (Phi) is 10.6. The lowest BCUT2D eigenvalue weighted by Crippen LogP contribution is -2.60. The number of amides is 3. The maximum atomic E-state index is 14.4. The van der Waals surface area contributed by atoms with Gasteiger partial charge in [0.1, 0.15) is 23.4 Å². The molecule has 3 N–H and O–H groups in total. The van der Waals surface area contributed by atoms with Crippen LogP contribution in [0.4, 0.5) is 4.79 Å². The van der Waals surface area contributed by atoms with Crippen LogP contribution < -0.4 is 10.6 Å². The smallest absolute Gasteiger partial charge is 0.408 e. The number of phenols is 1. The number of phenolic OH excluding ortho intramolecular Hbond substituents is 1. The fourth-order valence-electron chi connectivity index (χ4n) is 4.22. The molecule has 8 heteroatoms. The molecule has 214 valence electrons. The van der Waals surface area contributed by atoms with Gasteiger partial charge >= 0.3 is 6.09 Å². The highest BCUT2D eigenvalue weighted by Gasteiger charge is 2.44. The molecule has 0 heterocycles. The summed E-state index contributed by atoms with van der Waals surface area (Å²) in [6, 6.07) is 12.5. The van der Waals surface area contributed by atoms with E-state index >= 15 is 0 Å². The molecule has 0 radical (unpaired) electrons. The summed E-state index contributed by atoms with van der Waals surface area (Å²) in [4.78, 5) is 42.6. The second kappa shape index (κ2) is 13.0. The Bertz CT molecular complexity index is 1140. The van der Waals surface area contributed by atoms with E-state index in [1.54, 1.807) is 45.9 Å². The Balaban J connectivity index is 2.62. The third kappa shape index (κ3) is 8.47. The summed E-state index contributed by atoms with van der Waals surface area (Å²) in [5, 5.41) is 16.8. The quantitative estimate of drug-likeness (QED) is 0.363. The number of ether oxygens (including phenoxy) is 1. The molecule has 0 aromatic heterocycles. The molecule has 0 fully saturated rings. The number of aryl methyl sites for hydroxylation is 1. The topological polar surface area (TPSA) is 108 Å². The lowest BCUT2D eigenvalue weighted by molar-refractivity contribution is -0.150. The van der Waals surface area contributed by atoms with Crippen molar-refractivity contribution in [3.8, 4) is 5.75 Å². The minimum atomic E-state index is -1.15. The summed E-state index contributed by atoms with van der Waals surface area (Å²) in [5.74, 6) is -1.24. The van der Waals surface area contributed by atoms with Gasteiger partial charge in [0.05, 0.1) is 0 Å². The zero-order valence-corrected chi connectivity index (χ0v) is 24.8. The normalized spacial score (nSPS) is 13.4. The van der Waals surface area contributed by atoms with Crippen LogP contribution in [0.1, 0.15) is 84.5 Å². The number of para-hydroxylation sites is 1. The third-order valence-electron chi connectivity index (χ3n) is 6.74. The minimum Gasteiger partial charge on any atom is -0.507 e. The van der Waals surface area contributed by atoms with Crippen LogP contribution in [-0.2, 0) is 20.9 Å². The van der Waals surface area contributed by atoms with Gasteiger partial charge < -0.3 is 25.4 Å². The number of hydrogen-bond donors (Lipinski definition) is 3. The van der Waals surface area contributed by atoms with E-state index in [0.717, 1.165) is 5.56 Å². The van der Waals surface area contributed by atoms with Crippen molar-refractivity contribution in [3.63, 3.8) is 0 Å². The highest BCUT2D eigenvalue weighted by atomic mass is 16.6. The summed E-state index contributed by atoms with van der Waals surface area (Å²) in [6.07, 6.45) is -0.197. The molecule has 3 amide bonds. The Labute approximate surface area is 233 Å². The van der Waals surface area contributed by atoms with Crippen molar-refractivity contribution in [3.05, 3.63) is 65.2 Å². The molecule has 2 aromatic rings.